The summed E-state index contributed by atoms with van der Waals surface area (Å²) in [6, 6.07) is 0.293. The van der Waals surface area contributed by atoms with Crippen LogP contribution in [0, 0.1) is 0 Å². The Morgan fingerprint density at radius 2 is 2.00 bits per heavy atom. The molecule has 78 valence electrons. The molecule has 0 aromatic rings. The standard InChI is InChI=1S/C8H14F3NO/c1-6(2)12-4-3-7(5-12)13-8(9,10)11/h6-7H,3-5H2,1-2H3/t7-/m0/s1. The van der Waals surface area contributed by atoms with Gasteiger partial charge in [0.2, 0.25) is 0 Å². The molecule has 0 saturated carbocycles. The zero-order valence-electron chi connectivity index (χ0n) is 7.77. The van der Waals surface area contributed by atoms with Crippen molar-refractivity contribution in [3.8, 4) is 0 Å². The predicted octanol–water partition coefficient (Wildman–Crippen LogP) is 2.01. The molecule has 0 unspecified atom stereocenters. The van der Waals surface area contributed by atoms with Gasteiger partial charge in [-0.25, -0.2) is 0 Å². The van der Waals surface area contributed by atoms with E-state index in [1.54, 1.807) is 0 Å². The second kappa shape index (κ2) is 3.84. The minimum Gasteiger partial charge on any atom is -0.298 e. The number of rotatable bonds is 2. The van der Waals surface area contributed by atoms with E-state index >= 15 is 0 Å². The quantitative estimate of drug-likeness (QED) is 0.671. The van der Waals surface area contributed by atoms with Gasteiger partial charge in [0, 0.05) is 19.1 Å². The lowest BCUT2D eigenvalue weighted by Crippen LogP contribution is -2.31. The van der Waals surface area contributed by atoms with E-state index in [9.17, 15) is 13.2 Å². The molecule has 0 aromatic heterocycles. The topological polar surface area (TPSA) is 12.5 Å². The van der Waals surface area contributed by atoms with Crippen molar-refractivity contribution in [1.29, 1.82) is 0 Å². The Labute approximate surface area is 75.7 Å². The molecule has 13 heavy (non-hydrogen) atoms. The van der Waals surface area contributed by atoms with Gasteiger partial charge in [0.1, 0.15) is 0 Å². The molecule has 0 N–H and O–H groups in total. The predicted molar refractivity (Wildman–Crippen MR) is 42.3 cm³/mol. The third-order valence-corrected chi connectivity index (χ3v) is 2.21. The molecule has 0 aliphatic carbocycles. The highest BCUT2D eigenvalue weighted by atomic mass is 19.4. The van der Waals surface area contributed by atoms with Crippen LogP contribution in [0.3, 0.4) is 0 Å². The Morgan fingerprint density at radius 3 is 2.38 bits per heavy atom. The maximum Gasteiger partial charge on any atom is 0.522 e. The molecule has 0 radical (unpaired) electrons. The number of hydrogen-bond donors (Lipinski definition) is 0. The molecule has 0 bridgehead atoms. The van der Waals surface area contributed by atoms with E-state index in [4.69, 9.17) is 0 Å². The molecule has 0 amide bonds. The Kier molecular flexibility index (Phi) is 3.18. The molecule has 5 heteroatoms. The first-order valence-electron chi connectivity index (χ1n) is 4.37. The van der Waals surface area contributed by atoms with Gasteiger partial charge in [0.05, 0.1) is 6.10 Å². The van der Waals surface area contributed by atoms with E-state index in [-0.39, 0.29) is 0 Å². The smallest absolute Gasteiger partial charge is 0.298 e. The molecule has 1 aliphatic rings. The van der Waals surface area contributed by atoms with Gasteiger partial charge >= 0.3 is 6.36 Å². The molecule has 1 rings (SSSR count). The second-order valence-electron chi connectivity index (χ2n) is 3.56. The Bertz CT molecular complexity index is 169. The molecular formula is C8H14F3NO. The third kappa shape index (κ3) is 3.52. The van der Waals surface area contributed by atoms with E-state index < -0.39 is 12.5 Å². The van der Waals surface area contributed by atoms with Crippen molar-refractivity contribution in [2.45, 2.75) is 38.8 Å². The van der Waals surface area contributed by atoms with Gasteiger partial charge in [-0.15, -0.1) is 13.2 Å². The highest BCUT2D eigenvalue weighted by molar-refractivity contribution is 4.78. The summed E-state index contributed by atoms with van der Waals surface area (Å²) >= 11 is 0. The zero-order chi connectivity index (χ0) is 10.1. The second-order valence-corrected chi connectivity index (χ2v) is 3.56. The fourth-order valence-electron chi connectivity index (χ4n) is 1.51. The Hall–Kier alpha value is -0.290. The first kappa shape index (κ1) is 10.8. The molecular weight excluding hydrogens is 183 g/mol. The van der Waals surface area contributed by atoms with Crippen molar-refractivity contribution in [2.24, 2.45) is 0 Å². The largest absolute Gasteiger partial charge is 0.522 e. The van der Waals surface area contributed by atoms with Crippen LogP contribution >= 0.6 is 0 Å². The van der Waals surface area contributed by atoms with Gasteiger partial charge in [-0.2, -0.15) is 0 Å². The van der Waals surface area contributed by atoms with Crippen LogP contribution in [-0.2, 0) is 4.74 Å². The molecule has 1 aliphatic heterocycles. The number of likely N-dealkylation sites (tertiary alicyclic amines) is 1. The van der Waals surface area contributed by atoms with Crippen LogP contribution in [0.1, 0.15) is 20.3 Å². The summed E-state index contributed by atoms with van der Waals surface area (Å²) < 4.78 is 39.3. The lowest BCUT2D eigenvalue weighted by atomic mass is 10.3. The zero-order valence-corrected chi connectivity index (χ0v) is 7.77. The van der Waals surface area contributed by atoms with Gasteiger partial charge in [-0.05, 0) is 20.3 Å². The fraction of sp³-hybridized carbons (Fsp3) is 1.00. The van der Waals surface area contributed by atoms with Crippen LogP contribution in [0.5, 0.6) is 0 Å². The summed E-state index contributed by atoms with van der Waals surface area (Å²) in [6.07, 6.45) is -4.70. The summed E-state index contributed by atoms with van der Waals surface area (Å²) in [5.41, 5.74) is 0. The minimum atomic E-state index is -4.49. The van der Waals surface area contributed by atoms with Crippen LogP contribution < -0.4 is 0 Å². The molecule has 1 fully saturated rings. The van der Waals surface area contributed by atoms with E-state index in [1.807, 2.05) is 18.7 Å². The summed E-state index contributed by atoms with van der Waals surface area (Å²) in [5.74, 6) is 0. The minimum absolute atomic E-state index is 0.293. The average Bonchev–Trinajstić information content (AvgIpc) is 2.31. The third-order valence-electron chi connectivity index (χ3n) is 2.21. The first-order valence-corrected chi connectivity index (χ1v) is 4.37. The number of halogens is 3. The Morgan fingerprint density at radius 1 is 1.38 bits per heavy atom. The molecule has 1 saturated heterocycles. The first-order chi connectivity index (χ1) is 5.88. The van der Waals surface area contributed by atoms with E-state index in [2.05, 4.69) is 4.74 Å². The van der Waals surface area contributed by atoms with Crippen molar-refractivity contribution in [3.05, 3.63) is 0 Å². The highest BCUT2D eigenvalue weighted by Crippen LogP contribution is 2.24. The van der Waals surface area contributed by atoms with Crippen molar-refractivity contribution in [3.63, 3.8) is 0 Å². The van der Waals surface area contributed by atoms with Gasteiger partial charge in [0.25, 0.3) is 0 Å². The SMILES string of the molecule is CC(C)N1CC[C@H](OC(F)(F)F)C1. The molecule has 1 heterocycles. The molecule has 1 atom stereocenters. The van der Waals surface area contributed by atoms with Crippen molar-refractivity contribution >= 4 is 0 Å². The molecule has 2 nitrogen and oxygen atoms in total. The van der Waals surface area contributed by atoms with Gasteiger partial charge in [-0.1, -0.05) is 0 Å². The van der Waals surface area contributed by atoms with Gasteiger partial charge in [-0.3, -0.25) is 9.64 Å². The molecule has 0 aromatic carbocycles. The van der Waals surface area contributed by atoms with Crippen LogP contribution in [0.25, 0.3) is 0 Å². The lowest BCUT2D eigenvalue weighted by molar-refractivity contribution is -0.340. The maximum atomic E-state index is 11.8. The summed E-state index contributed by atoms with van der Waals surface area (Å²) in [6.45, 7) is 5.02. The van der Waals surface area contributed by atoms with Crippen LogP contribution in [0.4, 0.5) is 13.2 Å². The summed E-state index contributed by atoms with van der Waals surface area (Å²) in [7, 11) is 0. The Balaban J connectivity index is 2.33. The number of hydrogen-bond acceptors (Lipinski definition) is 2. The normalized spacial score (nSPS) is 25.8. The van der Waals surface area contributed by atoms with Crippen LogP contribution in [0.15, 0.2) is 0 Å². The van der Waals surface area contributed by atoms with Crippen molar-refractivity contribution in [1.82, 2.24) is 4.90 Å². The lowest BCUT2D eigenvalue weighted by Gasteiger charge is -2.20. The number of ether oxygens (including phenoxy) is 1. The van der Waals surface area contributed by atoms with Crippen molar-refractivity contribution < 1.29 is 17.9 Å². The average molecular weight is 197 g/mol. The number of nitrogens with zero attached hydrogens (tertiary/aromatic N) is 1. The van der Waals surface area contributed by atoms with E-state index in [0.717, 1.165) is 0 Å². The summed E-state index contributed by atoms with van der Waals surface area (Å²) in [5, 5.41) is 0. The van der Waals surface area contributed by atoms with Crippen molar-refractivity contribution in [2.75, 3.05) is 13.1 Å². The summed E-state index contributed by atoms with van der Waals surface area (Å²) in [4.78, 5) is 1.98. The monoisotopic (exact) mass is 197 g/mol. The highest BCUT2D eigenvalue weighted by Gasteiger charge is 2.36. The van der Waals surface area contributed by atoms with Gasteiger partial charge in [0.15, 0.2) is 0 Å². The fourth-order valence-corrected chi connectivity index (χ4v) is 1.51. The maximum absolute atomic E-state index is 11.8. The molecule has 0 spiro atoms. The van der Waals surface area contributed by atoms with Crippen LogP contribution in [-0.4, -0.2) is 36.5 Å². The van der Waals surface area contributed by atoms with Crippen LogP contribution in [0.2, 0.25) is 0 Å². The van der Waals surface area contributed by atoms with Gasteiger partial charge < -0.3 is 0 Å². The van der Waals surface area contributed by atoms with E-state index in [1.165, 1.54) is 0 Å². The van der Waals surface area contributed by atoms with E-state index in [0.29, 0.717) is 25.6 Å². The number of alkyl halides is 3.